The van der Waals surface area contributed by atoms with Gasteiger partial charge in [0, 0.05) is 35.1 Å². The quantitative estimate of drug-likeness (QED) is 0.639. The van der Waals surface area contributed by atoms with Crippen molar-refractivity contribution in [2.45, 2.75) is 64.8 Å². The number of aliphatic carboxylic acids is 1. The third-order valence-corrected chi connectivity index (χ3v) is 5.51. The molecule has 1 aromatic carbocycles. The molecule has 1 aliphatic carbocycles. The number of nitrogens with one attached hydrogen (secondary N) is 1. The van der Waals surface area contributed by atoms with Crippen molar-refractivity contribution >= 4 is 28.4 Å². The van der Waals surface area contributed by atoms with Crippen LogP contribution in [0.4, 0.5) is 0 Å². The topological polar surface area (TPSA) is 88.8 Å². The molecule has 0 saturated heterocycles. The van der Waals surface area contributed by atoms with Gasteiger partial charge in [-0.3, -0.25) is 4.79 Å². The van der Waals surface area contributed by atoms with Gasteiger partial charge >= 0.3 is 5.97 Å². The molecule has 0 spiro atoms. The average Bonchev–Trinajstić information content (AvgIpc) is 3.07. The number of amides is 1. The minimum Gasteiger partial charge on any atom is -0.496 e. The number of benzene rings is 1. The van der Waals surface area contributed by atoms with Crippen LogP contribution in [-0.4, -0.2) is 30.1 Å². The van der Waals surface area contributed by atoms with Crippen LogP contribution >= 0.6 is 0 Å². The fourth-order valence-electron chi connectivity index (χ4n) is 3.92. The van der Waals surface area contributed by atoms with Crippen molar-refractivity contribution in [3.63, 3.8) is 0 Å². The molecular weight excluding hydrogens is 370 g/mol. The first-order chi connectivity index (χ1) is 13.9. The minimum atomic E-state index is -1.01. The molecule has 0 saturated carbocycles. The first-order valence-corrected chi connectivity index (χ1v) is 10.3. The summed E-state index contributed by atoms with van der Waals surface area (Å²) in [5, 5.41) is 13.0. The fraction of sp³-hybridized carbons (Fsp3) is 0.478. The molecular formula is C23H29NO5. The third-order valence-electron chi connectivity index (χ3n) is 5.51. The predicted molar refractivity (Wildman–Crippen MR) is 112 cm³/mol. The second-order valence-electron chi connectivity index (χ2n) is 7.63. The van der Waals surface area contributed by atoms with E-state index in [1.165, 1.54) is 11.6 Å². The molecule has 3 rings (SSSR count). The van der Waals surface area contributed by atoms with Crippen LogP contribution in [0.25, 0.3) is 16.5 Å². The lowest BCUT2D eigenvalue weighted by molar-refractivity contribution is -0.141. The van der Waals surface area contributed by atoms with E-state index < -0.39 is 17.9 Å². The van der Waals surface area contributed by atoms with Gasteiger partial charge in [0.05, 0.1) is 7.11 Å². The van der Waals surface area contributed by atoms with Crippen molar-refractivity contribution in [3.8, 4) is 5.75 Å². The number of fused-ring (bicyclic) bond motifs is 3. The van der Waals surface area contributed by atoms with E-state index in [4.69, 9.17) is 9.15 Å². The van der Waals surface area contributed by atoms with Gasteiger partial charge in [-0.2, -0.15) is 0 Å². The van der Waals surface area contributed by atoms with Crippen molar-refractivity contribution in [2.75, 3.05) is 7.11 Å². The molecule has 29 heavy (non-hydrogen) atoms. The lowest BCUT2D eigenvalue weighted by Gasteiger charge is -2.14. The van der Waals surface area contributed by atoms with Gasteiger partial charge in [-0.05, 0) is 44.2 Å². The molecule has 1 heterocycles. The highest BCUT2D eigenvalue weighted by atomic mass is 16.5. The average molecular weight is 399 g/mol. The van der Waals surface area contributed by atoms with Gasteiger partial charge in [-0.25, -0.2) is 4.79 Å². The fourth-order valence-corrected chi connectivity index (χ4v) is 3.92. The highest BCUT2D eigenvalue weighted by Crippen LogP contribution is 2.37. The van der Waals surface area contributed by atoms with Crippen LogP contribution in [0.3, 0.4) is 0 Å². The van der Waals surface area contributed by atoms with Crippen LogP contribution in [0.2, 0.25) is 0 Å². The number of unbranched alkanes of at least 4 members (excludes halogenated alkanes) is 1. The maximum Gasteiger partial charge on any atom is 0.326 e. The Labute approximate surface area is 170 Å². The van der Waals surface area contributed by atoms with Gasteiger partial charge in [0.1, 0.15) is 23.1 Å². The molecule has 2 N–H and O–H groups in total. The SMILES string of the molecule is CCCCC(NC(=O)/C=C(\C)c1cc2c3c(oc2cc1OC)CCCC3)C(=O)O. The summed E-state index contributed by atoms with van der Waals surface area (Å²) in [6, 6.07) is 3.02. The van der Waals surface area contributed by atoms with Gasteiger partial charge in [-0.15, -0.1) is 0 Å². The number of aryl methyl sites for hydroxylation is 2. The zero-order valence-corrected chi connectivity index (χ0v) is 17.3. The van der Waals surface area contributed by atoms with E-state index in [0.29, 0.717) is 17.7 Å². The number of carbonyl (C=O) groups excluding carboxylic acids is 1. The number of methoxy groups -OCH3 is 1. The Morgan fingerprint density at radius 3 is 2.76 bits per heavy atom. The van der Waals surface area contributed by atoms with Crippen LogP contribution in [-0.2, 0) is 22.4 Å². The summed E-state index contributed by atoms with van der Waals surface area (Å²) in [4.78, 5) is 23.8. The van der Waals surface area contributed by atoms with Gasteiger partial charge in [0.25, 0.3) is 0 Å². The Hall–Kier alpha value is -2.76. The first kappa shape index (κ1) is 21.0. The highest BCUT2D eigenvalue weighted by Gasteiger charge is 2.21. The number of hydrogen-bond donors (Lipinski definition) is 2. The largest absolute Gasteiger partial charge is 0.496 e. The number of carboxylic acids is 1. The van der Waals surface area contributed by atoms with Gasteiger partial charge in [-0.1, -0.05) is 19.8 Å². The second kappa shape index (κ2) is 9.16. The second-order valence-corrected chi connectivity index (χ2v) is 7.63. The monoisotopic (exact) mass is 399 g/mol. The molecule has 6 nitrogen and oxygen atoms in total. The van der Waals surface area contributed by atoms with Crippen LogP contribution < -0.4 is 10.1 Å². The van der Waals surface area contributed by atoms with Crippen molar-refractivity contribution in [1.82, 2.24) is 5.32 Å². The predicted octanol–water partition coefficient (Wildman–Crippen LogP) is 4.48. The molecule has 0 radical (unpaired) electrons. The molecule has 2 aromatic rings. The minimum absolute atomic E-state index is 0.414. The summed E-state index contributed by atoms with van der Waals surface area (Å²) >= 11 is 0. The number of hydrogen-bond acceptors (Lipinski definition) is 4. The number of ether oxygens (including phenoxy) is 1. The number of carboxylic acid groups (broad SMARTS) is 1. The van der Waals surface area contributed by atoms with Crippen molar-refractivity contribution < 1.29 is 23.8 Å². The smallest absolute Gasteiger partial charge is 0.326 e. The number of carbonyl (C=O) groups is 2. The van der Waals surface area contributed by atoms with Gasteiger partial charge in [0.15, 0.2) is 0 Å². The molecule has 156 valence electrons. The zero-order chi connectivity index (χ0) is 21.0. The molecule has 1 amide bonds. The molecule has 1 aliphatic rings. The molecule has 1 aromatic heterocycles. The van der Waals surface area contributed by atoms with Crippen LogP contribution in [0.5, 0.6) is 5.75 Å². The van der Waals surface area contributed by atoms with Gasteiger partial charge in [0.2, 0.25) is 5.91 Å². The Kier molecular flexibility index (Phi) is 6.62. The van der Waals surface area contributed by atoms with Crippen LogP contribution in [0, 0.1) is 0 Å². The summed E-state index contributed by atoms with van der Waals surface area (Å²) < 4.78 is 11.6. The summed E-state index contributed by atoms with van der Waals surface area (Å²) in [5.41, 5.74) is 3.58. The lowest BCUT2D eigenvalue weighted by Crippen LogP contribution is -2.40. The molecule has 1 unspecified atom stereocenters. The standard InChI is InChI=1S/C23H29NO5/c1-4-5-9-18(23(26)27)24-22(25)11-14(2)16-12-17-15-8-6-7-10-19(15)29-21(17)13-20(16)28-3/h11-13,18H,4-10H2,1-3H3,(H,24,25)(H,26,27)/b14-11+. The Balaban J connectivity index is 1.89. The summed E-state index contributed by atoms with van der Waals surface area (Å²) in [5.74, 6) is 0.250. The normalized spacial score (nSPS) is 15.1. The molecule has 1 atom stereocenters. The Bertz CT molecular complexity index is 940. The zero-order valence-electron chi connectivity index (χ0n) is 17.3. The lowest BCUT2D eigenvalue weighted by atomic mass is 9.94. The number of furan rings is 1. The molecule has 0 bridgehead atoms. The van der Waals surface area contributed by atoms with Crippen LogP contribution in [0.1, 0.15) is 62.8 Å². The summed E-state index contributed by atoms with van der Waals surface area (Å²) in [6.07, 6.45) is 7.71. The van der Waals surface area contributed by atoms with E-state index in [1.54, 1.807) is 7.11 Å². The third kappa shape index (κ3) is 4.63. The van der Waals surface area contributed by atoms with Crippen molar-refractivity contribution in [2.24, 2.45) is 0 Å². The summed E-state index contributed by atoms with van der Waals surface area (Å²) in [6.45, 7) is 3.82. The van der Waals surface area contributed by atoms with E-state index in [1.807, 2.05) is 26.0 Å². The molecule has 0 aliphatic heterocycles. The first-order valence-electron chi connectivity index (χ1n) is 10.3. The van der Waals surface area contributed by atoms with E-state index in [0.717, 1.165) is 60.8 Å². The Morgan fingerprint density at radius 1 is 1.31 bits per heavy atom. The van der Waals surface area contributed by atoms with Gasteiger partial charge < -0.3 is 19.6 Å². The van der Waals surface area contributed by atoms with E-state index >= 15 is 0 Å². The highest BCUT2D eigenvalue weighted by molar-refractivity contribution is 5.99. The molecule has 6 heteroatoms. The van der Waals surface area contributed by atoms with E-state index in [-0.39, 0.29) is 0 Å². The molecule has 0 fully saturated rings. The van der Waals surface area contributed by atoms with Crippen molar-refractivity contribution in [3.05, 3.63) is 35.1 Å². The maximum atomic E-state index is 12.4. The van der Waals surface area contributed by atoms with E-state index in [9.17, 15) is 14.7 Å². The Morgan fingerprint density at radius 2 is 2.07 bits per heavy atom. The number of allylic oxidation sites excluding steroid dienone is 1. The summed E-state index contributed by atoms with van der Waals surface area (Å²) in [7, 11) is 1.59. The maximum absolute atomic E-state index is 12.4. The van der Waals surface area contributed by atoms with E-state index in [2.05, 4.69) is 5.32 Å². The number of rotatable bonds is 8. The van der Waals surface area contributed by atoms with Crippen LogP contribution in [0.15, 0.2) is 22.6 Å². The van der Waals surface area contributed by atoms with Crippen molar-refractivity contribution in [1.29, 1.82) is 0 Å².